The number of carbonyl (C=O) groups is 2. The number of anilines is 1. The molecule has 166 valence electrons. The number of piperidine rings is 1. The zero-order chi connectivity index (χ0) is 21.8. The number of hydrogen-bond donors (Lipinski definition) is 4. The van der Waals surface area contributed by atoms with Crippen molar-refractivity contribution < 1.29 is 9.59 Å². The molecule has 0 aliphatic carbocycles. The van der Waals surface area contributed by atoms with Crippen LogP contribution in [-0.4, -0.2) is 41.6 Å². The Hall–Kier alpha value is -2.35. The van der Waals surface area contributed by atoms with Crippen molar-refractivity contribution in [2.24, 2.45) is 11.8 Å². The van der Waals surface area contributed by atoms with E-state index >= 15 is 0 Å². The summed E-state index contributed by atoms with van der Waals surface area (Å²) in [7, 11) is 0. The molecule has 0 radical (unpaired) electrons. The van der Waals surface area contributed by atoms with Gasteiger partial charge in [-0.3, -0.25) is 15.6 Å². The minimum Gasteiger partial charge on any atom is -0.361 e. The number of unbranched alkanes of at least 4 members (excludes halogenated alkanes) is 2. The third-order valence-electron chi connectivity index (χ3n) is 5.32. The minimum atomic E-state index is -0.261. The first-order valence-electron chi connectivity index (χ1n) is 10.9. The Balaban J connectivity index is 1.69. The maximum absolute atomic E-state index is 12.5. The maximum Gasteiger partial charge on any atom is 0.321 e. The van der Waals surface area contributed by atoms with E-state index in [1.165, 1.54) is 25.7 Å². The van der Waals surface area contributed by atoms with Crippen LogP contribution in [0.5, 0.6) is 0 Å². The number of hydrogen-bond acceptors (Lipinski definition) is 3. The summed E-state index contributed by atoms with van der Waals surface area (Å²) in [6.45, 7) is 6.21. The van der Waals surface area contributed by atoms with E-state index in [-0.39, 0.29) is 17.9 Å². The zero-order valence-electron chi connectivity index (χ0n) is 18.1. The van der Waals surface area contributed by atoms with Gasteiger partial charge in [-0.15, -0.1) is 0 Å². The molecule has 0 unspecified atom stereocenters. The summed E-state index contributed by atoms with van der Waals surface area (Å²) in [5.74, 6) is 0.123. The van der Waals surface area contributed by atoms with Gasteiger partial charge in [0, 0.05) is 25.3 Å². The third kappa shape index (κ3) is 8.57. The van der Waals surface area contributed by atoms with Gasteiger partial charge in [0.05, 0.1) is 5.92 Å². The first kappa shape index (κ1) is 23.9. The fraction of sp³-hybridized carbons (Fsp3) is 0.591. The summed E-state index contributed by atoms with van der Waals surface area (Å²) >= 11 is 5.25. The predicted molar refractivity (Wildman–Crippen MR) is 125 cm³/mol. The van der Waals surface area contributed by atoms with Crippen LogP contribution in [0.4, 0.5) is 10.5 Å². The summed E-state index contributed by atoms with van der Waals surface area (Å²) in [6, 6.07) is 9.15. The number of nitrogens with one attached hydrogen (secondary N) is 4. The number of para-hydroxylation sites is 1. The van der Waals surface area contributed by atoms with Crippen molar-refractivity contribution in [2.45, 2.75) is 52.4 Å². The lowest BCUT2D eigenvalue weighted by atomic mass is 9.98. The van der Waals surface area contributed by atoms with Gasteiger partial charge in [-0.25, -0.2) is 4.79 Å². The first-order chi connectivity index (χ1) is 14.5. The van der Waals surface area contributed by atoms with Crippen LogP contribution in [0.1, 0.15) is 52.4 Å². The summed E-state index contributed by atoms with van der Waals surface area (Å²) < 4.78 is 0. The summed E-state index contributed by atoms with van der Waals surface area (Å²) in [4.78, 5) is 26.7. The van der Waals surface area contributed by atoms with E-state index in [1.54, 1.807) is 4.90 Å². The molecule has 1 aromatic rings. The Morgan fingerprint density at radius 1 is 1.20 bits per heavy atom. The van der Waals surface area contributed by atoms with Gasteiger partial charge in [-0.2, -0.15) is 0 Å². The monoisotopic (exact) mass is 433 g/mol. The van der Waals surface area contributed by atoms with E-state index in [0.29, 0.717) is 24.1 Å². The number of carbonyl (C=O) groups excluding carboxylic acids is 2. The van der Waals surface area contributed by atoms with Gasteiger partial charge in [0.1, 0.15) is 0 Å². The maximum atomic E-state index is 12.5. The van der Waals surface area contributed by atoms with Crippen LogP contribution < -0.4 is 21.5 Å². The number of amides is 3. The van der Waals surface area contributed by atoms with Crippen molar-refractivity contribution in [3.05, 3.63) is 30.3 Å². The highest BCUT2D eigenvalue weighted by molar-refractivity contribution is 7.80. The Kier molecular flexibility index (Phi) is 10.4. The first-order valence-corrected chi connectivity index (χ1v) is 11.3. The molecular weight excluding hydrogens is 398 g/mol. The van der Waals surface area contributed by atoms with Crippen molar-refractivity contribution in [3.63, 3.8) is 0 Å². The number of benzene rings is 1. The number of hydrazine groups is 1. The Morgan fingerprint density at radius 3 is 2.70 bits per heavy atom. The van der Waals surface area contributed by atoms with Crippen molar-refractivity contribution in [3.8, 4) is 0 Å². The molecule has 0 saturated carbocycles. The van der Waals surface area contributed by atoms with E-state index in [1.807, 2.05) is 30.3 Å². The fourth-order valence-electron chi connectivity index (χ4n) is 3.48. The predicted octanol–water partition coefficient (Wildman–Crippen LogP) is 3.64. The lowest BCUT2D eigenvalue weighted by Crippen LogP contribution is -2.52. The van der Waals surface area contributed by atoms with Gasteiger partial charge in [0.15, 0.2) is 5.11 Å². The number of rotatable bonds is 8. The molecular formula is C22H35N5O2S. The van der Waals surface area contributed by atoms with E-state index in [2.05, 4.69) is 35.3 Å². The second-order valence-corrected chi connectivity index (χ2v) is 8.41. The van der Waals surface area contributed by atoms with Crippen LogP contribution in [0, 0.1) is 11.8 Å². The summed E-state index contributed by atoms with van der Waals surface area (Å²) in [5.41, 5.74) is 6.22. The molecule has 1 aliphatic rings. The normalized spacial score (nSPS) is 17.0. The van der Waals surface area contributed by atoms with Crippen LogP contribution in [0.25, 0.3) is 0 Å². The molecule has 0 aromatic heterocycles. The van der Waals surface area contributed by atoms with Crippen LogP contribution in [-0.2, 0) is 4.79 Å². The smallest absolute Gasteiger partial charge is 0.321 e. The largest absolute Gasteiger partial charge is 0.361 e. The lowest BCUT2D eigenvalue weighted by Gasteiger charge is -2.32. The zero-order valence-corrected chi connectivity index (χ0v) is 18.9. The van der Waals surface area contributed by atoms with Crippen LogP contribution in [0.2, 0.25) is 0 Å². The van der Waals surface area contributed by atoms with Crippen molar-refractivity contribution in [1.29, 1.82) is 0 Å². The SMILES string of the molecule is CCCCC[C@@H](C)CNC(=S)NNC(=O)[C@H]1CCCN(C(=O)Nc2ccccc2)C1. The Morgan fingerprint density at radius 2 is 1.97 bits per heavy atom. The molecule has 4 N–H and O–H groups in total. The van der Waals surface area contributed by atoms with Crippen molar-refractivity contribution >= 4 is 35.0 Å². The molecule has 1 aliphatic heterocycles. The highest BCUT2D eigenvalue weighted by atomic mass is 32.1. The van der Waals surface area contributed by atoms with E-state index < -0.39 is 0 Å². The molecule has 2 rings (SSSR count). The average Bonchev–Trinajstić information content (AvgIpc) is 2.77. The highest BCUT2D eigenvalue weighted by Gasteiger charge is 2.28. The second kappa shape index (κ2) is 13.1. The molecule has 8 heteroatoms. The van der Waals surface area contributed by atoms with Gasteiger partial charge in [-0.05, 0) is 49.5 Å². The van der Waals surface area contributed by atoms with Crippen molar-refractivity contribution in [1.82, 2.24) is 21.1 Å². The molecule has 30 heavy (non-hydrogen) atoms. The molecule has 1 heterocycles. The molecule has 1 saturated heterocycles. The molecule has 7 nitrogen and oxygen atoms in total. The standard InChI is InChI=1S/C22H35N5O2S/c1-3-4-6-10-17(2)15-23-21(30)26-25-20(28)18-11-9-14-27(16-18)22(29)24-19-12-7-5-8-13-19/h5,7-8,12-13,17-18H,3-4,6,9-11,14-16H2,1-2H3,(H,24,29)(H,25,28)(H2,23,26,30)/t17-,18+/m1/s1. The third-order valence-corrected chi connectivity index (χ3v) is 5.56. The van der Waals surface area contributed by atoms with E-state index in [9.17, 15) is 9.59 Å². The Bertz CT molecular complexity index is 685. The van der Waals surface area contributed by atoms with Crippen LogP contribution in [0.15, 0.2) is 30.3 Å². The summed E-state index contributed by atoms with van der Waals surface area (Å²) in [5, 5.41) is 6.45. The Labute approximate surface area is 185 Å². The van der Waals surface area contributed by atoms with Gasteiger partial charge >= 0.3 is 6.03 Å². The number of urea groups is 1. The summed E-state index contributed by atoms with van der Waals surface area (Å²) in [6.07, 6.45) is 6.41. The number of thiocarbonyl (C=S) groups is 1. The molecule has 0 spiro atoms. The van der Waals surface area contributed by atoms with E-state index in [0.717, 1.165) is 25.1 Å². The van der Waals surface area contributed by atoms with Crippen molar-refractivity contribution in [2.75, 3.05) is 25.0 Å². The van der Waals surface area contributed by atoms with Crippen LogP contribution >= 0.6 is 12.2 Å². The van der Waals surface area contributed by atoms with Gasteiger partial charge in [0.25, 0.3) is 0 Å². The fourth-order valence-corrected chi connectivity index (χ4v) is 3.61. The van der Waals surface area contributed by atoms with Gasteiger partial charge in [-0.1, -0.05) is 51.3 Å². The topological polar surface area (TPSA) is 85.5 Å². The number of nitrogens with zero attached hydrogens (tertiary/aromatic N) is 1. The quantitative estimate of drug-likeness (QED) is 0.286. The molecule has 3 amide bonds. The van der Waals surface area contributed by atoms with E-state index in [4.69, 9.17) is 12.2 Å². The average molecular weight is 434 g/mol. The number of likely N-dealkylation sites (tertiary alicyclic amines) is 1. The van der Waals surface area contributed by atoms with Gasteiger partial charge < -0.3 is 15.5 Å². The molecule has 1 aromatic carbocycles. The van der Waals surface area contributed by atoms with Crippen LogP contribution in [0.3, 0.4) is 0 Å². The second-order valence-electron chi connectivity index (χ2n) is 8.01. The molecule has 1 fully saturated rings. The molecule has 0 bridgehead atoms. The highest BCUT2D eigenvalue weighted by Crippen LogP contribution is 2.18. The minimum absolute atomic E-state index is 0.146. The molecule has 2 atom stereocenters. The lowest BCUT2D eigenvalue weighted by molar-refractivity contribution is -0.126. The van der Waals surface area contributed by atoms with Gasteiger partial charge in [0.2, 0.25) is 5.91 Å².